The van der Waals surface area contributed by atoms with E-state index in [1.54, 1.807) is 12.3 Å². The van der Waals surface area contributed by atoms with Gasteiger partial charge in [0.25, 0.3) is 0 Å². The van der Waals surface area contributed by atoms with Crippen molar-refractivity contribution in [2.75, 3.05) is 0 Å². The maximum atomic E-state index is 13.3. The van der Waals surface area contributed by atoms with Gasteiger partial charge in [0.1, 0.15) is 0 Å². The zero-order valence-corrected chi connectivity index (χ0v) is 20.0. The number of carbonyl (C=O) groups is 1. The highest BCUT2D eigenvalue weighted by Crippen LogP contribution is 2.67. The molecule has 3 fully saturated rings. The van der Waals surface area contributed by atoms with Crippen molar-refractivity contribution in [1.29, 1.82) is 0 Å². The number of carbonyl (C=O) groups excluding carboxylic acids is 1. The molecule has 9 atom stereocenters. The number of allylic oxidation sites excluding steroid dienone is 1. The van der Waals surface area contributed by atoms with Crippen molar-refractivity contribution in [3.05, 3.63) is 41.7 Å². The molecule has 33 heavy (non-hydrogen) atoms. The third kappa shape index (κ3) is 3.36. The first-order valence-corrected chi connectivity index (χ1v) is 12.6. The van der Waals surface area contributed by atoms with Gasteiger partial charge in [-0.1, -0.05) is 19.9 Å². The number of rotatable bonds is 4. The van der Waals surface area contributed by atoms with Gasteiger partial charge in [0.15, 0.2) is 5.78 Å². The number of nitrogens with zero attached hydrogens (tertiary/aromatic N) is 1. The molecule has 1 aromatic rings. The van der Waals surface area contributed by atoms with Crippen LogP contribution in [0.25, 0.3) is 0 Å². The molecule has 6 nitrogen and oxygen atoms in total. The Kier molecular flexibility index (Phi) is 5.60. The van der Waals surface area contributed by atoms with Crippen molar-refractivity contribution in [3.8, 4) is 0 Å². The molecule has 3 saturated carbocycles. The van der Waals surface area contributed by atoms with Crippen LogP contribution in [0.3, 0.4) is 0 Å². The number of nitrogens with one attached hydrogen (secondary N) is 1. The summed E-state index contributed by atoms with van der Waals surface area (Å²) in [4.78, 5) is 17.5. The molecule has 1 aromatic heterocycles. The largest absolute Gasteiger partial charge is 0.390 e. The lowest BCUT2D eigenvalue weighted by molar-refractivity contribution is -0.152. The SMILES string of the molecule is CC(NCc1cccnc1)C1CC[C@@]2(O)C3=CC(=O)C4CC(O)C(O)CC4(C)C3CCC12C. The fraction of sp³-hybridized carbons (Fsp3) is 0.704. The van der Waals surface area contributed by atoms with Crippen LogP contribution in [0.5, 0.6) is 0 Å². The van der Waals surface area contributed by atoms with Gasteiger partial charge in [0.05, 0.1) is 17.8 Å². The zero-order valence-electron chi connectivity index (χ0n) is 20.0. The topological polar surface area (TPSA) is 103 Å². The summed E-state index contributed by atoms with van der Waals surface area (Å²) in [5, 5.41) is 36.6. The Bertz CT molecular complexity index is 951. The first kappa shape index (κ1) is 23.2. The molecule has 0 aromatic carbocycles. The monoisotopic (exact) mass is 454 g/mol. The van der Waals surface area contributed by atoms with E-state index in [1.807, 2.05) is 12.3 Å². The molecule has 0 radical (unpaired) electrons. The Morgan fingerprint density at radius 3 is 2.70 bits per heavy atom. The second-order valence-corrected chi connectivity index (χ2v) is 11.7. The average molecular weight is 455 g/mol. The van der Waals surface area contributed by atoms with E-state index < -0.39 is 23.2 Å². The second-order valence-electron chi connectivity index (χ2n) is 11.7. The fourth-order valence-corrected chi connectivity index (χ4v) is 8.14. The van der Waals surface area contributed by atoms with E-state index in [0.29, 0.717) is 25.2 Å². The summed E-state index contributed by atoms with van der Waals surface area (Å²) in [6, 6.07) is 4.23. The quantitative estimate of drug-likeness (QED) is 0.558. The molecular weight excluding hydrogens is 416 g/mol. The van der Waals surface area contributed by atoms with Crippen LogP contribution in [0, 0.1) is 28.6 Å². The third-order valence-electron chi connectivity index (χ3n) is 10.1. The third-order valence-corrected chi connectivity index (χ3v) is 10.1. The standard InChI is InChI=1S/C27H38N2O4/c1-16(29-15-17-5-4-10-28-14-17)18-7-9-27(33)20-11-22(30)21-12-23(31)24(32)13-25(21,2)19(20)6-8-26(18,27)3/h4-5,10-11,14,16,18-19,21,23-24,29,31-33H,6-9,12-13,15H2,1-3H3/t16?,18?,19?,21?,23?,24?,25?,26?,27-/m1/s1. The highest BCUT2D eigenvalue weighted by atomic mass is 16.3. The lowest BCUT2D eigenvalue weighted by atomic mass is 9.46. The minimum absolute atomic E-state index is 0.0126. The summed E-state index contributed by atoms with van der Waals surface area (Å²) in [7, 11) is 0. The number of fused-ring (bicyclic) bond motifs is 5. The van der Waals surface area contributed by atoms with E-state index in [4.69, 9.17) is 0 Å². The Hall–Kier alpha value is -1.60. The lowest BCUT2D eigenvalue weighted by Crippen LogP contribution is -2.61. The van der Waals surface area contributed by atoms with Gasteiger partial charge in [0, 0.05) is 36.3 Å². The highest BCUT2D eigenvalue weighted by Gasteiger charge is 2.66. The van der Waals surface area contributed by atoms with Crippen LogP contribution >= 0.6 is 0 Å². The Morgan fingerprint density at radius 1 is 1.18 bits per heavy atom. The van der Waals surface area contributed by atoms with Gasteiger partial charge in [-0.2, -0.15) is 0 Å². The van der Waals surface area contributed by atoms with Crippen molar-refractivity contribution >= 4 is 5.78 Å². The van der Waals surface area contributed by atoms with E-state index in [9.17, 15) is 20.1 Å². The lowest BCUT2D eigenvalue weighted by Gasteiger charge is -2.60. The molecule has 5 rings (SSSR count). The van der Waals surface area contributed by atoms with Crippen LogP contribution in [0.1, 0.15) is 64.9 Å². The van der Waals surface area contributed by atoms with Crippen LogP contribution in [0.2, 0.25) is 0 Å². The van der Waals surface area contributed by atoms with Gasteiger partial charge in [0.2, 0.25) is 0 Å². The van der Waals surface area contributed by atoms with Gasteiger partial charge >= 0.3 is 0 Å². The zero-order chi connectivity index (χ0) is 23.6. The predicted octanol–water partition coefficient (Wildman–Crippen LogP) is 2.76. The molecule has 180 valence electrons. The molecule has 4 N–H and O–H groups in total. The molecule has 0 spiro atoms. The van der Waals surface area contributed by atoms with E-state index in [0.717, 1.165) is 36.9 Å². The van der Waals surface area contributed by atoms with Crippen molar-refractivity contribution in [2.45, 2.75) is 89.7 Å². The maximum Gasteiger partial charge on any atom is 0.159 e. The molecular formula is C27H38N2O4. The minimum atomic E-state index is -1.00. The molecule has 0 bridgehead atoms. The smallest absolute Gasteiger partial charge is 0.159 e. The Labute approximate surface area is 196 Å². The molecule has 4 aliphatic carbocycles. The van der Waals surface area contributed by atoms with Crippen LogP contribution < -0.4 is 5.32 Å². The van der Waals surface area contributed by atoms with Crippen LogP contribution in [-0.2, 0) is 11.3 Å². The van der Waals surface area contributed by atoms with E-state index >= 15 is 0 Å². The number of hydrogen-bond acceptors (Lipinski definition) is 6. The average Bonchev–Trinajstić information content (AvgIpc) is 3.06. The second kappa shape index (κ2) is 7.98. The molecule has 4 aliphatic rings. The summed E-state index contributed by atoms with van der Waals surface area (Å²) in [6.45, 7) is 7.26. The number of aliphatic hydroxyl groups is 3. The van der Waals surface area contributed by atoms with Gasteiger partial charge in [-0.05, 0) is 86.0 Å². The first-order valence-electron chi connectivity index (χ1n) is 12.6. The minimum Gasteiger partial charge on any atom is -0.390 e. The number of aliphatic hydroxyl groups excluding tert-OH is 2. The van der Waals surface area contributed by atoms with Crippen molar-refractivity contribution in [3.63, 3.8) is 0 Å². The number of hydrogen-bond donors (Lipinski definition) is 4. The highest BCUT2D eigenvalue weighted by molar-refractivity contribution is 5.95. The van der Waals surface area contributed by atoms with Crippen molar-refractivity contribution in [1.82, 2.24) is 10.3 Å². The fourth-order valence-electron chi connectivity index (χ4n) is 8.14. The molecule has 6 heteroatoms. The molecule has 0 amide bonds. The van der Waals surface area contributed by atoms with Gasteiger partial charge < -0.3 is 20.6 Å². The summed E-state index contributed by atoms with van der Waals surface area (Å²) >= 11 is 0. The van der Waals surface area contributed by atoms with Gasteiger partial charge in [-0.15, -0.1) is 0 Å². The maximum absolute atomic E-state index is 13.3. The first-order chi connectivity index (χ1) is 15.6. The number of pyridine rings is 1. The van der Waals surface area contributed by atoms with E-state index in [-0.39, 0.29) is 29.1 Å². The molecule has 8 unspecified atom stereocenters. The summed E-state index contributed by atoms with van der Waals surface area (Å²) < 4.78 is 0. The van der Waals surface area contributed by atoms with Gasteiger partial charge in [-0.25, -0.2) is 0 Å². The summed E-state index contributed by atoms with van der Waals surface area (Å²) in [5.41, 5.74) is 0.302. The Balaban J connectivity index is 1.42. The predicted molar refractivity (Wildman–Crippen MR) is 125 cm³/mol. The van der Waals surface area contributed by atoms with Crippen molar-refractivity contribution in [2.24, 2.45) is 28.6 Å². The number of ketones is 1. The summed E-state index contributed by atoms with van der Waals surface area (Å²) in [5.74, 6) is 0.0895. The summed E-state index contributed by atoms with van der Waals surface area (Å²) in [6.07, 6.45) is 7.82. The van der Waals surface area contributed by atoms with Crippen molar-refractivity contribution < 1.29 is 20.1 Å². The van der Waals surface area contributed by atoms with E-state index in [2.05, 4.69) is 37.1 Å². The normalized spacial score (nSPS) is 45.6. The molecule has 1 heterocycles. The Morgan fingerprint density at radius 2 is 1.97 bits per heavy atom. The van der Waals surface area contributed by atoms with Crippen LogP contribution in [-0.4, -0.2) is 49.9 Å². The molecule has 0 aliphatic heterocycles. The van der Waals surface area contributed by atoms with Crippen LogP contribution in [0.15, 0.2) is 36.2 Å². The van der Waals surface area contributed by atoms with E-state index in [1.165, 1.54) is 0 Å². The molecule has 0 saturated heterocycles. The number of aromatic nitrogens is 1. The van der Waals surface area contributed by atoms with Gasteiger partial charge in [-0.3, -0.25) is 9.78 Å². The van der Waals surface area contributed by atoms with Crippen LogP contribution in [0.4, 0.5) is 0 Å².